The Hall–Kier alpha value is -1.75. The molecule has 2 heterocycles. The van der Waals surface area contributed by atoms with Crippen molar-refractivity contribution in [2.24, 2.45) is 0 Å². The molecular weight excluding hydrogens is 226 g/mol. The average molecular weight is 245 g/mol. The van der Waals surface area contributed by atoms with Crippen molar-refractivity contribution in [3.05, 3.63) is 35.2 Å². The quantitative estimate of drug-likeness (QED) is 0.890. The maximum atomic E-state index is 4.54. The summed E-state index contributed by atoms with van der Waals surface area (Å²) in [5.41, 5.74) is 4.23. The summed E-state index contributed by atoms with van der Waals surface area (Å²) in [6.07, 6.45) is 3.65. The molecule has 18 heavy (non-hydrogen) atoms. The molecule has 0 spiro atoms. The maximum absolute atomic E-state index is 4.54. The molecule has 0 amide bonds. The van der Waals surface area contributed by atoms with E-state index >= 15 is 0 Å². The summed E-state index contributed by atoms with van der Waals surface area (Å²) in [5.74, 6) is 0.686. The smallest absolute Gasteiger partial charge is 0.235 e. The molecule has 0 saturated carbocycles. The van der Waals surface area contributed by atoms with Gasteiger partial charge in [-0.15, -0.1) is 0 Å². The zero-order valence-electron chi connectivity index (χ0n) is 11.4. The molecule has 2 rings (SSSR count). The molecule has 0 saturated heterocycles. The molecule has 0 aliphatic heterocycles. The van der Waals surface area contributed by atoms with Gasteiger partial charge < -0.3 is 5.32 Å². The minimum absolute atomic E-state index is 0.686. The van der Waals surface area contributed by atoms with Crippen molar-refractivity contribution in [1.82, 2.24) is 24.8 Å². The SMILES string of the molecule is CCNCc1cnc(-n2cnc(C)c2C)nc1C. The van der Waals surface area contributed by atoms with Crippen LogP contribution in [0, 0.1) is 20.8 Å². The second kappa shape index (κ2) is 5.27. The van der Waals surface area contributed by atoms with Crippen molar-refractivity contribution in [3.8, 4) is 5.95 Å². The first-order valence-electron chi connectivity index (χ1n) is 6.17. The lowest BCUT2D eigenvalue weighted by atomic mass is 10.2. The van der Waals surface area contributed by atoms with Crippen molar-refractivity contribution >= 4 is 0 Å². The van der Waals surface area contributed by atoms with Crippen LogP contribution in [0.4, 0.5) is 0 Å². The molecule has 1 N–H and O–H groups in total. The van der Waals surface area contributed by atoms with E-state index in [1.807, 2.05) is 31.5 Å². The van der Waals surface area contributed by atoms with Crippen LogP contribution in [0.2, 0.25) is 0 Å². The molecule has 0 unspecified atom stereocenters. The van der Waals surface area contributed by atoms with Crippen LogP contribution in [0.1, 0.15) is 29.6 Å². The lowest BCUT2D eigenvalue weighted by molar-refractivity contribution is 0.712. The van der Waals surface area contributed by atoms with Gasteiger partial charge in [0.15, 0.2) is 0 Å². The molecule has 0 radical (unpaired) electrons. The van der Waals surface area contributed by atoms with E-state index in [2.05, 4.69) is 27.2 Å². The highest BCUT2D eigenvalue weighted by Gasteiger charge is 2.08. The second-order valence-corrected chi connectivity index (χ2v) is 4.35. The monoisotopic (exact) mass is 245 g/mol. The Morgan fingerprint density at radius 2 is 1.94 bits per heavy atom. The van der Waals surface area contributed by atoms with Gasteiger partial charge in [0.2, 0.25) is 5.95 Å². The number of hydrogen-bond donors (Lipinski definition) is 1. The minimum Gasteiger partial charge on any atom is -0.313 e. The Labute approximate surface area is 107 Å². The van der Waals surface area contributed by atoms with Crippen LogP contribution >= 0.6 is 0 Å². The van der Waals surface area contributed by atoms with Crippen molar-refractivity contribution in [2.75, 3.05) is 6.54 Å². The fourth-order valence-electron chi connectivity index (χ4n) is 1.73. The van der Waals surface area contributed by atoms with Crippen LogP contribution in [0.3, 0.4) is 0 Å². The first-order valence-corrected chi connectivity index (χ1v) is 6.17. The summed E-state index contributed by atoms with van der Waals surface area (Å²) in [6.45, 7) is 9.86. The number of aryl methyl sites for hydroxylation is 2. The molecule has 2 aromatic heterocycles. The van der Waals surface area contributed by atoms with Gasteiger partial charge in [-0.25, -0.2) is 15.0 Å². The van der Waals surface area contributed by atoms with E-state index < -0.39 is 0 Å². The van der Waals surface area contributed by atoms with E-state index in [4.69, 9.17) is 0 Å². The summed E-state index contributed by atoms with van der Waals surface area (Å²) in [6, 6.07) is 0. The van der Waals surface area contributed by atoms with Crippen molar-refractivity contribution < 1.29 is 0 Å². The predicted molar refractivity (Wildman–Crippen MR) is 70.7 cm³/mol. The van der Waals surface area contributed by atoms with Gasteiger partial charge in [0.1, 0.15) is 6.33 Å². The molecule has 0 fully saturated rings. The fourth-order valence-corrected chi connectivity index (χ4v) is 1.73. The Morgan fingerprint density at radius 1 is 1.17 bits per heavy atom. The first-order chi connectivity index (χ1) is 8.63. The normalized spacial score (nSPS) is 10.9. The highest BCUT2D eigenvalue weighted by molar-refractivity contribution is 5.25. The highest BCUT2D eigenvalue weighted by Crippen LogP contribution is 2.11. The Morgan fingerprint density at radius 3 is 2.50 bits per heavy atom. The standard InChI is InChI=1S/C13H19N5/c1-5-14-6-12-7-15-13(17-10(12)3)18-8-16-9(2)11(18)4/h7-8,14H,5-6H2,1-4H3. The Bertz CT molecular complexity index is 544. The van der Waals surface area contributed by atoms with Gasteiger partial charge in [-0.3, -0.25) is 4.57 Å². The van der Waals surface area contributed by atoms with Gasteiger partial charge in [-0.1, -0.05) is 6.92 Å². The van der Waals surface area contributed by atoms with Crippen LogP contribution in [-0.4, -0.2) is 26.1 Å². The highest BCUT2D eigenvalue weighted by atomic mass is 15.2. The van der Waals surface area contributed by atoms with E-state index in [1.54, 1.807) is 6.33 Å². The lowest BCUT2D eigenvalue weighted by Gasteiger charge is -2.08. The summed E-state index contributed by atoms with van der Waals surface area (Å²) < 4.78 is 1.92. The topological polar surface area (TPSA) is 55.6 Å². The summed E-state index contributed by atoms with van der Waals surface area (Å²) in [4.78, 5) is 13.2. The second-order valence-electron chi connectivity index (χ2n) is 4.35. The number of rotatable bonds is 4. The van der Waals surface area contributed by atoms with Crippen molar-refractivity contribution in [3.63, 3.8) is 0 Å². The fraction of sp³-hybridized carbons (Fsp3) is 0.462. The molecule has 5 heteroatoms. The summed E-state index contributed by atoms with van der Waals surface area (Å²) in [5, 5.41) is 3.28. The molecule has 96 valence electrons. The van der Waals surface area contributed by atoms with Crippen molar-refractivity contribution in [1.29, 1.82) is 0 Å². The van der Waals surface area contributed by atoms with Gasteiger partial charge in [0, 0.05) is 29.7 Å². The number of imidazole rings is 1. The van der Waals surface area contributed by atoms with Gasteiger partial charge >= 0.3 is 0 Å². The van der Waals surface area contributed by atoms with Crippen LogP contribution in [0.15, 0.2) is 12.5 Å². The molecule has 2 aromatic rings. The number of nitrogens with zero attached hydrogens (tertiary/aromatic N) is 4. The zero-order valence-corrected chi connectivity index (χ0v) is 11.4. The molecule has 0 atom stereocenters. The van der Waals surface area contributed by atoms with Gasteiger partial charge in [0.25, 0.3) is 0 Å². The van der Waals surface area contributed by atoms with Gasteiger partial charge in [0.05, 0.1) is 5.69 Å². The van der Waals surface area contributed by atoms with E-state index in [0.717, 1.165) is 35.7 Å². The van der Waals surface area contributed by atoms with E-state index in [1.165, 1.54) is 0 Å². The zero-order chi connectivity index (χ0) is 13.1. The lowest BCUT2D eigenvalue weighted by Crippen LogP contribution is -2.14. The molecule has 0 bridgehead atoms. The Kier molecular flexibility index (Phi) is 3.72. The molecule has 5 nitrogen and oxygen atoms in total. The van der Waals surface area contributed by atoms with E-state index in [-0.39, 0.29) is 0 Å². The van der Waals surface area contributed by atoms with Crippen LogP contribution in [0.25, 0.3) is 5.95 Å². The van der Waals surface area contributed by atoms with E-state index in [0.29, 0.717) is 5.95 Å². The van der Waals surface area contributed by atoms with Crippen LogP contribution in [-0.2, 0) is 6.54 Å². The summed E-state index contributed by atoms with van der Waals surface area (Å²) in [7, 11) is 0. The van der Waals surface area contributed by atoms with Gasteiger partial charge in [-0.2, -0.15) is 0 Å². The average Bonchev–Trinajstić information content (AvgIpc) is 2.69. The maximum Gasteiger partial charge on any atom is 0.235 e. The first kappa shape index (κ1) is 12.7. The molecule has 0 aliphatic rings. The van der Waals surface area contributed by atoms with Crippen LogP contribution in [0.5, 0.6) is 0 Å². The molecule has 0 aromatic carbocycles. The largest absolute Gasteiger partial charge is 0.313 e. The number of aromatic nitrogens is 4. The van der Waals surface area contributed by atoms with Gasteiger partial charge in [-0.05, 0) is 27.3 Å². The molecular formula is C13H19N5. The Balaban J connectivity index is 2.31. The number of hydrogen-bond acceptors (Lipinski definition) is 4. The third-order valence-electron chi connectivity index (χ3n) is 3.10. The molecule has 0 aliphatic carbocycles. The van der Waals surface area contributed by atoms with E-state index in [9.17, 15) is 0 Å². The predicted octanol–water partition coefficient (Wildman–Crippen LogP) is 1.70. The van der Waals surface area contributed by atoms with Crippen LogP contribution < -0.4 is 5.32 Å². The van der Waals surface area contributed by atoms with Crippen molar-refractivity contribution in [2.45, 2.75) is 34.2 Å². The third kappa shape index (κ3) is 2.41. The minimum atomic E-state index is 0.686. The third-order valence-corrected chi connectivity index (χ3v) is 3.10. The summed E-state index contributed by atoms with van der Waals surface area (Å²) >= 11 is 0. The number of nitrogens with one attached hydrogen (secondary N) is 1.